The predicted molar refractivity (Wildman–Crippen MR) is 62.1 cm³/mol. The molecule has 0 saturated carbocycles. The predicted octanol–water partition coefficient (Wildman–Crippen LogP) is 2.27. The van der Waals surface area contributed by atoms with Gasteiger partial charge in [-0.25, -0.2) is 0 Å². The van der Waals surface area contributed by atoms with Crippen molar-refractivity contribution in [2.45, 2.75) is 26.8 Å². The molecule has 4 heteroatoms. The van der Waals surface area contributed by atoms with Crippen LogP contribution in [0, 0.1) is 6.92 Å². The first kappa shape index (κ1) is 12.2. The third-order valence-electron chi connectivity index (χ3n) is 2.05. The molecule has 84 valence electrons. The van der Waals surface area contributed by atoms with Crippen LogP contribution >= 0.6 is 11.3 Å². The minimum absolute atomic E-state index is 0.197. The third kappa shape index (κ3) is 4.01. The minimum atomic E-state index is -0.197. The van der Waals surface area contributed by atoms with Crippen LogP contribution < -0.4 is 5.32 Å². The van der Waals surface area contributed by atoms with Crippen LogP contribution in [-0.4, -0.2) is 19.1 Å². The van der Waals surface area contributed by atoms with E-state index >= 15 is 0 Å². The van der Waals surface area contributed by atoms with Crippen LogP contribution in [0.5, 0.6) is 0 Å². The lowest BCUT2D eigenvalue weighted by Crippen LogP contribution is -2.26. The van der Waals surface area contributed by atoms with Gasteiger partial charge in [-0.1, -0.05) is 0 Å². The van der Waals surface area contributed by atoms with Crippen LogP contribution in [0.2, 0.25) is 0 Å². The van der Waals surface area contributed by atoms with E-state index < -0.39 is 0 Å². The van der Waals surface area contributed by atoms with Gasteiger partial charge >= 0.3 is 5.97 Å². The number of nitrogens with one attached hydrogen (secondary N) is 1. The van der Waals surface area contributed by atoms with E-state index in [1.54, 1.807) is 11.3 Å². The van der Waals surface area contributed by atoms with Gasteiger partial charge in [-0.2, -0.15) is 0 Å². The summed E-state index contributed by atoms with van der Waals surface area (Å²) in [5.74, 6) is -0.197. The minimum Gasteiger partial charge on any atom is -0.465 e. The fourth-order valence-electron chi connectivity index (χ4n) is 1.24. The second-order valence-corrected chi connectivity index (χ2v) is 4.68. The molecule has 0 spiro atoms. The van der Waals surface area contributed by atoms with Crippen molar-refractivity contribution in [1.29, 1.82) is 0 Å². The zero-order chi connectivity index (χ0) is 11.3. The molecule has 1 rings (SSSR count). The second-order valence-electron chi connectivity index (χ2n) is 3.36. The molecule has 1 atom stereocenters. The average molecular weight is 227 g/mol. The summed E-state index contributed by atoms with van der Waals surface area (Å²) >= 11 is 1.75. The topological polar surface area (TPSA) is 38.3 Å². The Kier molecular flexibility index (Phi) is 4.78. The Morgan fingerprint density at radius 3 is 2.87 bits per heavy atom. The lowest BCUT2D eigenvalue weighted by atomic mass is 10.3. The standard InChI is InChI=1S/C11H17NO2S/c1-4-14-11(13)7-12-9(3)10-6-5-8(2)15-10/h5-6,9,12H,4,7H2,1-3H3. The van der Waals surface area contributed by atoms with Crippen LogP contribution in [-0.2, 0) is 9.53 Å². The van der Waals surface area contributed by atoms with Gasteiger partial charge in [0.05, 0.1) is 13.2 Å². The number of carbonyl (C=O) groups is 1. The maximum Gasteiger partial charge on any atom is 0.319 e. The molecule has 1 unspecified atom stereocenters. The molecule has 0 fully saturated rings. The average Bonchev–Trinajstić information content (AvgIpc) is 2.62. The zero-order valence-corrected chi connectivity index (χ0v) is 10.2. The summed E-state index contributed by atoms with van der Waals surface area (Å²) < 4.78 is 4.84. The molecule has 0 aromatic carbocycles. The van der Waals surface area contributed by atoms with Gasteiger partial charge < -0.3 is 4.74 Å². The Morgan fingerprint density at radius 1 is 1.60 bits per heavy atom. The summed E-state index contributed by atoms with van der Waals surface area (Å²) in [6.45, 7) is 6.64. The Balaban J connectivity index is 2.36. The smallest absolute Gasteiger partial charge is 0.319 e. The monoisotopic (exact) mass is 227 g/mol. The van der Waals surface area contributed by atoms with Crippen molar-refractivity contribution in [3.63, 3.8) is 0 Å². The van der Waals surface area contributed by atoms with Gasteiger partial charge in [0.25, 0.3) is 0 Å². The molecule has 1 aromatic heterocycles. The first-order valence-corrected chi connectivity index (χ1v) is 5.90. The summed E-state index contributed by atoms with van der Waals surface area (Å²) in [6.07, 6.45) is 0. The zero-order valence-electron chi connectivity index (χ0n) is 9.37. The van der Waals surface area contributed by atoms with Crippen molar-refractivity contribution >= 4 is 17.3 Å². The number of rotatable bonds is 5. The molecule has 0 radical (unpaired) electrons. The fourth-order valence-corrected chi connectivity index (χ4v) is 2.14. The molecule has 1 heterocycles. The number of hydrogen-bond acceptors (Lipinski definition) is 4. The van der Waals surface area contributed by atoms with Gasteiger partial charge in [0.2, 0.25) is 0 Å². The van der Waals surface area contributed by atoms with Gasteiger partial charge in [0.1, 0.15) is 0 Å². The number of thiophene rings is 1. The van der Waals surface area contributed by atoms with Crippen LogP contribution in [0.4, 0.5) is 0 Å². The van der Waals surface area contributed by atoms with Crippen molar-refractivity contribution in [3.8, 4) is 0 Å². The summed E-state index contributed by atoms with van der Waals surface area (Å²) in [5, 5.41) is 3.13. The van der Waals surface area contributed by atoms with Crippen molar-refractivity contribution in [2.24, 2.45) is 0 Å². The second kappa shape index (κ2) is 5.88. The highest BCUT2D eigenvalue weighted by Crippen LogP contribution is 2.21. The largest absolute Gasteiger partial charge is 0.465 e. The Hall–Kier alpha value is -0.870. The molecule has 0 aliphatic rings. The van der Waals surface area contributed by atoms with E-state index in [1.807, 2.05) is 13.8 Å². The number of esters is 1. The number of ether oxygens (including phenoxy) is 1. The van der Waals surface area contributed by atoms with E-state index in [4.69, 9.17) is 4.74 Å². The van der Waals surface area contributed by atoms with Gasteiger partial charge in [-0.05, 0) is 32.9 Å². The summed E-state index contributed by atoms with van der Waals surface area (Å²) in [7, 11) is 0. The summed E-state index contributed by atoms with van der Waals surface area (Å²) in [5.41, 5.74) is 0. The molecule has 1 aromatic rings. The van der Waals surface area contributed by atoms with Crippen LogP contribution in [0.25, 0.3) is 0 Å². The highest BCUT2D eigenvalue weighted by Gasteiger charge is 2.09. The van der Waals surface area contributed by atoms with E-state index in [0.29, 0.717) is 6.61 Å². The molecule has 0 bridgehead atoms. The molecular weight excluding hydrogens is 210 g/mol. The maximum absolute atomic E-state index is 11.1. The van der Waals surface area contributed by atoms with E-state index in [0.717, 1.165) is 0 Å². The molecule has 0 aliphatic heterocycles. The SMILES string of the molecule is CCOC(=O)CNC(C)c1ccc(C)s1. The number of hydrogen-bond donors (Lipinski definition) is 1. The number of aryl methyl sites for hydroxylation is 1. The van der Waals surface area contributed by atoms with Crippen LogP contribution in [0.15, 0.2) is 12.1 Å². The molecule has 0 saturated heterocycles. The number of carbonyl (C=O) groups excluding carboxylic acids is 1. The highest BCUT2D eigenvalue weighted by atomic mass is 32.1. The third-order valence-corrected chi connectivity index (χ3v) is 3.23. The van der Waals surface area contributed by atoms with E-state index in [1.165, 1.54) is 9.75 Å². The van der Waals surface area contributed by atoms with Crippen LogP contribution in [0.1, 0.15) is 29.6 Å². The molecule has 1 N–H and O–H groups in total. The van der Waals surface area contributed by atoms with Crippen molar-refractivity contribution in [2.75, 3.05) is 13.2 Å². The Bertz CT molecular complexity index is 322. The molecular formula is C11H17NO2S. The lowest BCUT2D eigenvalue weighted by molar-refractivity contribution is -0.142. The fraction of sp³-hybridized carbons (Fsp3) is 0.545. The summed E-state index contributed by atoms with van der Waals surface area (Å²) in [4.78, 5) is 13.6. The molecule has 0 aliphatic carbocycles. The lowest BCUT2D eigenvalue weighted by Gasteiger charge is -2.10. The van der Waals surface area contributed by atoms with Gasteiger partial charge in [-0.3, -0.25) is 10.1 Å². The van der Waals surface area contributed by atoms with Gasteiger partial charge in [0, 0.05) is 15.8 Å². The van der Waals surface area contributed by atoms with Crippen molar-refractivity contribution in [3.05, 3.63) is 21.9 Å². The van der Waals surface area contributed by atoms with Crippen molar-refractivity contribution < 1.29 is 9.53 Å². The Labute approximate surface area is 94.5 Å². The van der Waals surface area contributed by atoms with E-state index in [2.05, 4.69) is 24.4 Å². The van der Waals surface area contributed by atoms with E-state index in [-0.39, 0.29) is 18.6 Å². The summed E-state index contributed by atoms with van der Waals surface area (Å²) in [6, 6.07) is 4.37. The first-order valence-electron chi connectivity index (χ1n) is 5.08. The Morgan fingerprint density at radius 2 is 2.33 bits per heavy atom. The van der Waals surface area contributed by atoms with Gasteiger partial charge in [-0.15, -0.1) is 11.3 Å². The normalized spacial score (nSPS) is 12.5. The van der Waals surface area contributed by atoms with Crippen LogP contribution in [0.3, 0.4) is 0 Å². The quantitative estimate of drug-likeness (QED) is 0.784. The highest BCUT2D eigenvalue weighted by molar-refractivity contribution is 7.12. The van der Waals surface area contributed by atoms with E-state index in [9.17, 15) is 4.79 Å². The molecule has 0 amide bonds. The van der Waals surface area contributed by atoms with Crippen molar-refractivity contribution in [1.82, 2.24) is 5.32 Å². The molecule has 15 heavy (non-hydrogen) atoms. The molecule has 3 nitrogen and oxygen atoms in total. The first-order chi connectivity index (χ1) is 7.13. The maximum atomic E-state index is 11.1. The van der Waals surface area contributed by atoms with Gasteiger partial charge in [0.15, 0.2) is 0 Å².